The van der Waals surface area contributed by atoms with E-state index < -0.39 is 0 Å². The highest BCUT2D eigenvalue weighted by Crippen LogP contribution is 2.34. The second-order valence-corrected chi connectivity index (χ2v) is 9.37. The van der Waals surface area contributed by atoms with Crippen molar-refractivity contribution >= 4 is 33.4 Å². The van der Waals surface area contributed by atoms with Gasteiger partial charge in [-0.2, -0.15) is 0 Å². The molecule has 5 rings (SSSR count). The zero-order valence-corrected chi connectivity index (χ0v) is 18.9. The molecular weight excluding hydrogens is 430 g/mol. The Morgan fingerprint density at radius 2 is 1.97 bits per heavy atom. The van der Waals surface area contributed by atoms with Gasteiger partial charge in [0.05, 0.1) is 12.0 Å². The van der Waals surface area contributed by atoms with E-state index in [9.17, 15) is 9.59 Å². The lowest BCUT2D eigenvalue weighted by Crippen LogP contribution is -2.43. The van der Waals surface area contributed by atoms with Crippen molar-refractivity contribution in [1.82, 2.24) is 15.5 Å². The van der Waals surface area contributed by atoms with Crippen LogP contribution < -0.4 is 24.6 Å². The molecule has 2 amide bonds. The average Bonchev–Trinajstić information content (AvgIpc) is 3.47. The Hall–Kier alpha value is -2.88. The fraction of sp³-hybridized carbons (Fsp3) is 0.545. The molecule has 1 aromatic carbocycles. The number of ether oxygens (including phenoxy) is 2. The van der Waals surface area contributed by atoms with Gasteiger partial charge in [0, 0.05) is 26.1 Å². The molecule has 0 unspecified atom stereocenters. The normalized spacial score (nSPS) is 21.5. The number of carbonyl (C=O) groups is 2. The SMILES string of the molecule is C[C@@H](NC(=O)[C@H]1CCCN(c2nnc(N3CCCC3=O)s2)C1)c1ccc2c(c1)OCCO2. The second kappa shape index (κ2) is 8.93. The molecule has 2 saturated heterocycles. The molecule has 10 heteroatoms. The van der Waals surface area contributed by atoms with Gasteiger partial charge in [0.2, 0.25) is 22.1 Å². The third-order valence-electron chi connectivity index (χ3n) is 6.20. The minimum atomic E-state index is -0.136. The maximum absolute atomic E-state index is 13.0. The first-order valence-corrected chi connectivity index (χ1v) is 12.0. The first-order valence-electron chi connectivity index (χ1n) is 11.2. The summed E-state index contributed by atoms with van der Waals surface area (Å²) >= 11 is 1.43. The highest BCUT2D eigenvalue weighted by Gasteiger charge is 2.30. The molecule has 4 heterocycles. The summed E-state index contributed by atoms with van der Waals surface area (Å²) in [5.74, 6) is 1.49. The number of hydrogen-bond donors (Lipinski definition) is 1. The minimum Gasteiger partial charge on any atom is -0.486 e. The van der Waals surface area contributed by atoms with Crippen LogP contribution in [-0.4, -0.2) is 54.9 Å². The topological polar surface area (TPSA) is 96.9 Å². The lowest BCUT2D eigenvalue weighted by atomic mass is 9.96. The molecular formula is C22H27N5O4S. The summed E-state index contributed by atoms with van der Waals surface area (Å²) in [6.45, 7) is 5.21. The van der Waals surface area contributed by atoms with E-state index in [-0.39, 0.29) is 23.8 Å². The Bertz CT molecular complexity index is 1010. The van der Waals surface area contributed by atoms with Gasteiger partial charge in [-0.25, -0.2) is 0 Å². The molecule has 1 aromatic heterocycles. The molecule has 3 aliphatic rings. The summed E-state index contributed by atoms with van der Waals surface area (Å²) in [6, 6.07) is 5.67. The minimum absolute atomic E-state index is 0.0385. The third kappa shape index (κ3) is 4.23. The fourth-order valence-corrected chi connectivity index (χ4v) is 5.33. The lowest BCUT2D eigenvalue weighted by Gasteiger charge is -2.32. The second-order valence-electron chi connectivity index (χ2n) is 8.43. The van der Waals surface area contributed by atoms with Crippen LogP contribution in [0.15, 0.2) is 18.2 Å². The Labute approximate surface area is 190 Å². The first-order chi connectivity index (χ1) is 15.6. The van der Waals surface area contributed by atoms with Crippen molar-refractivity contribution in [3.8, 4) is 11.5 Å². The van der Waals surface area contributed by atoms with Crippen LogP contribution in [0.4, 0.5) is 10.3 Å². The Balaban J connectivity index is 1.21. The monoisotopic (exact) mass is 457 g/mol. The van der Waals surface area contributed by atoms with Crippen LogP contribution in [0.3, 0.4) is 0 Å². The third-order valence-corrected chi connectivity index (χ3v) is 7.20. The molecule has 2 fully saturated rings. The largest absolute Gasteiger partial charge is 0.486 e. The molecule has 9 nitrogen and oxygen atoms in total. The number of rotatable bonds is 5. The van der Waals surface area contributed by atoms with Crippen LogP contribution >= 0.6 is 11.3 Å². The number of fused-ring (bicyclic) bond motifs is 1. The van der Waals surface area contributed by atoms with Crippen molar-refractivity contribution in [3.63, 3.8) is 0 Å². The molecule has 2 aromatic rings. The van der Waals surface area contributed by atoms with Gasteiger partial charge in [-0.05, 0) is 43.9 Å². The summed E-state index contributed by atoms with van der Waals surface area (Å²) in [7, 11) is 0. The summed E-state index contributed by atoms with van der Waals surface area (Å²) in [5.41, 5.74) is 0.985. The van der Waals surface area contributed by atoms with Gasteiger partial charge in [-0.1, -0.05) is 17.4 Å². The standard InChI is InChI=1S/C22H27N5O4S/c1-14(15-6-7-17-18(12-15)31-11-10-30-17)23-20(29)16-4-2-8-26(13-16)21-24-25-22(32-21)27-9-3-5-19(27)28/h6-7,12,14,16H,2-5,8-11,13H2,1H3,(H,23,29)/t14-,16+/m1/s1. The molecule has 0 radical (unpaired) electrons. The number of aromatic nitrogens is 2. The van der Waals surface area contributed by atoms with Crippen molar-refractivity contribution in [2.24, 2.45) is 5.92 Å². The van der Waals surface area contributed by atoms with Crippen molar-refractivity contribution in [3.05, 3.63) is 23.8 Å². The number of nitrogens with one attached hydrogen (secondary N) is 1. The number of hydrogen-bond acceptors (Lipinski definition) is 8. The fourth-order valence-electron chi connectivity index (χ4n) is 4.40. The van der Waals surface area contributed by atoms with Gasteiger partial charge in [-0.3, -0.25) is 14.5 Å². The molecule has 32 heavy (non-hydrogen) atoms. The molecule has 3 aliphatic heterocycles. The van der Waals surface area contributed by atoms with Crippen LogP contribution in [-0.2, 0) is 9.59 Å². The van der Waals surface area contributed by atoms with E-state index in [4.69, 9.17) is 9.47 Å². The quantitative estimate of drug-likeness (QED) is 0.737. The van der Waals surface area contributed by atoms with Crippen molar-refractivity contribution in [2.45, 2.75) is 38.6 Å². The number of amides is 2. The van der Waals surface area contributed by atoms with Crippen molar-refractivity contribution in [1.29, 1.82) is 0 Å². The maximum atomic E-state index is 13.0. The van der Waals surface area contributed by atoms with E-state index >= 15 is 0 Å². The van der Waals surface area contributed by atoms with Gasteiger partial charge in [-0.15, -0.1) is 10.2 Å². The summed E-state index contributed by atoms with van der Waals surface area (Å²) in [4.78, 5) is 28.8. The van der Waals surface area contributed by atoms with Crippen LogP contribution in [0.25, 0.3) is 0 Å². The molecule has 0 spiro atoms. The van der Waals surface area contributed by atoms with Gasteiger partial charge in [0.15, 0.2) is 11.5 Å². The lowest BCUT2D eigenvalue weighted by molar-refractivity contribution is -0.126. The van der Waals surface area contributed by atoms with Gasteiger partial charge in [0.25, 0.3) is 0 Å². The van der Waals surface area contributed by atoms with E-state index in [1.54, 1.807) is 4.90 Å². The van der Waals surface area contributed by atoms with E-state index in [1.807, 2.05) is 25.1 Å². The van der Waals surface area contributed by atoms with Gasteiger partial charge < -0.3 is 19.7 Å². The number of carbonyl (C=O) groups excluding carboxylic acids is 2. The highest BCUT2D eigenvalue weighted by molar-refractivity contribution is 7.19. The summed E-state index contributed by atoms with van der Waals surface area (Å²) < 4.78 is 11.2. The van der Waals surface area contributed by atoms with E-state index in [0.717, 1.165) is 48.0 Å². The molecule has 170 valence electrons. The van der Waals surface area contributed by atoms with E-state index in [0.29, 0.717) is 37.9 Å². The average molecular weight is 458 g/mol. The predicted molar refractivity (Wildman–Crippen MR) is 120 cm³/mol. The first kappa shape index (κ1) is 21.0. The Morgan fingerprint density at radius 3 is 2.78 bits per heavy atom. The Morgan fingerprint density at radius 1 is 1.16 bits per heavy atom. The zero-order valence-electron chi connectivity index (χ0n) is 18.1. The van der Waals surface area contributed by atoms with Crippen LogP contribution in [0.2, 0.25) is 0 Å². The van der Waals surface area contributed by atoms with Gasteiger partial charge in [0.1, 0.15) is 13.2 Å². The smallest absolute Gasteiger partial charge is 0.228 e. The summed E-state index contributed by atoms with van der Waals surface area (Å²) in [5, 5.41) is 13.1. The van der Waals surface area contributed by atoms with Crippen LogP contribution in [0, 0.1) is 5.92 Å². The van der Waals surface area contributed by atoms with Crippen molar-refractivity contribution < 1.29 is 19.1 Å². The molecule has 0 bridgehead atoms. The molecule has 0 saturated carbocycles. The van der Waals surface area contributed by atoms with E-state index in [1.165, 1.54) is 11.3 Å². The highest BCUT2D eigenvalue weighted by atomic mass is 32.1. The number of benzene rings is 1. The molecule has 1 N–H and O–H groups in total. The van der Waals surface area contributed by atoms with Crippen LogP contribution in [0.1, 0.15) is 44.2 Å². The van der Waals surface area contributed by atoms with Crippen molar-refractivity contribution in [2.75, 3.05) is 42.6 Å². The Kier molecular flexibility index (Phi) is 5.86. The molecule has 0 aliphatic carbocycles. The van der Waals surface area contributed by atoms with E-state index in [2.05, 4.69) is 20.4 Å². The van der Waals surface area contributed by atoms with Gasteiger partial charge >= 0.3 is 0 Å². The predicted octanol–water partition coefficient (Wildman–Crippen LogP) is 2.53. The number of nitrogens with zero attached hydrogens (tertiary/aromatic N) is 4. The number of piperidine rings is 1. The molecule has 2 atom stereocenters. The van der Waals surface area contributed by atoms with Crippen LogP contribution in [0.5, 0.6) is 11.5 Å². The number of anilines is 2. The maximum Gasteiger partial charge on any atom is 0.228 e. The zero-order chi connectivity index (χ0) is 22.1. The summed E-state index contributed by atoms with van der Waals surface area (Å²) in [6.07, 6.45) is 3.18.